The second-order valence-corrected chi connectivity index (χ2v) is 6.75. The van der Waals surface area contributed by atoms with E-state index in [4.69, 9.17) is 16.3 Å². The molecule has 0 radical (unpaired) electrons. The van der Waals surface area contributed by atoms with E-state index >= 15 is 0 Å². The van der Waals surface area contributed by atoms with Gasteiger partial charge in [0.25, 0.3) is 11.8 Å². The third kappa shape index (κ3) is 3.69. The molecule has 27 heavy (non-hydrogen) atoms. The van der Waals surface area contributed by atoms with Gasteiger partial charge in [-0.15, -0.1) is 0 Å². The van der Waals surface area contributed by atoms with Crippen molar-refractivity contribution in [1.29, 1.82) is 0 Å². The fourth-order valence-corrected chi connectivity index (χ4v) is 3.08. The summed E-state index contributed by atoms with van der Waals surface area (Å²) in [5.74, 6) is -0.0730. The van der Waals surface area contributed by atoms with Crippen LogP contribution in [0, 0.1) is 13.8 Å². The summed E-state index contributed by atoms with van der Waals surface area (Å²) in [7, 11) is 0. The first-order chi connectivity index (χ1) is 12.9. The lowest BCUT2D eigenvalue weighted by atomic mass is 10.00. The monoisotopic (exact) mass is 384 g/mol. The maximum Gasteiger partial charge on any atom is 0.282 e. The van der Waals surface area contributed by atoms with Crippen molar-refractivity contribution in [3.05, 3.63) is 63.7 Å². The Morgan fingerprint density at radius 2 is 1.85 bits per heavy atom. The summed E-state index contributed by atoms with van der Waals surface area (Å²) in [6, 6.07) is 10.6. The molecule has 2 aromatic rings. The topological polar surface area (TPSA) is 58.6 Å². The van der Waals surface area contributed by atoms with Crippen LogP contribution in [0.2, 0.25) is 5.02 Å². The number of halogens is 1. The highest BCUT2D eigenvalue weighted by Gasteiger charge is 2.35. The van der Waals surface area contributed by atoms with Crippen molar-refractivity contribution in [1.82, 2.24) is 5.43 Å². The molecule has 5 nitrogen and oxygen atoms in total. The molecular formula is C21H21ClN2O3. The van der Waals surface area contributed by atoms with Crippen molar-refractivity contribution in [2.45, 2.75) is 27.2 Å². The normalized spacial score (nSPS) is 15.4. The van der Waals surface area contributed by atoms with Crippen LogP contribution in [-0.4, -0.2) is 18.4 Å². The van der Waals surface area contributed by atoms with Gasteiger partial charge in [0.15, 0.2) is 0 Å². The van der Waals surface area contributed by atoms with Gasteiger partial charge >= 0.3 is 0 Å². The summed E-state index contributed by atoms with van der Waals surface area (Å²) in [5.41, 5.74) is 5.84. The quantitative estimate of drug-likeness (QED) is 0.620. The second kappa shape index (κ2) is 7.84. The van der Waals surface area contributed by atoms with Crippen molar-refractivity contribution in [3.63, 3.8) is 0 Å². The van der Waals surface area contributed by atoms with Crippen LogP contribution in [0.15, 0.2) is 42.0 Å². The highest BCUT2D eigenvalue weighted by atomic mass is 35.5. The van der Waals surface area contributed by atoms with E-state index in [0.717, 1.165) is 28.9 Å². The number of hydrazine groups is 1. The Bertz CT molecular complexity index is 937. The molecule has 3 rings (SSSR count). The predicted octanol–water partition coefficient (Wildman–Crippen LogP) is 4.21. The zero-order chi connectivity index (χ0) is 19.6. The molecule has 1 aliphatic rings. The third-order valence-corrected chi connectivity index (χ3v) is 4.85. The Morgan fingerprint density at radius 1 is 1.11 bits per heavy atom. The van der Waals surface area contributed by atoms with E-state index in [-0.39, 0.29) is 5.57 Å². The van der Waals surface area contributed by atoms with Gasteiger partial charge in [0.05, 0.1) is 17.3 Å². The van der Waals surface area contributed by atoms with E-state index < -0.39 is 11.8 Å². The highest BCUT2D eigenvalue weighted by Crippen LogP contribution is 2.30. The van der Waals surface area contributed by atoms with Crippen LogP contribution in [0.1, 0.15) is 30.0 Å². The van der Waals surface area contributed by atoms with Crippen LogP contribution < -0.4 is 15.2 Å². The van der Waals surface area contributed by atoms with Crippen LogP contribution in [-0.2, 0) is 9.59 Å². The number of anilines is 1. The number of benzene rings is 2. The number of carbonyl (C=O) groups is 2. The zero-order valence-corrected chi connectivity index (χ0v) is 16.3. The van der Waals surface area contributed by atoms with Gasteiger partial charge in [0.1, 0.15) is 11.3 Å². The first kappa shape index (κ1) is 19.0. The lowest BCUT2D eigenvalue weighted by molar-refractivity contribution is -0.117. The number of carbonyl (C=O) groups excluding carboxylic acids is 2. The fraction of sp³-hybridized carbons (Fsp3) is 0.238. The van der Waals surface area contributed by atoms with E-state index in [0.29, 0.717) is 17.3 Å². The van der Waals surface area contributed by atoms with Crippen molar-refractivity contribution in [3.8, 4) is 5.75 Å². The van der Waals surface area contributed by atoms with Gasteiger partial charge in [-0.3, -0.25) is 15.0 Å². The average molecular weight is 385 g/mol. The Kier molecular flexibility index (Phi) is 5.51. The minimum absolute atomic E-state index is 0.0691. The zero-order valence-electron chi connectivity index (χ0n) is 15.5. The lowest BCUT2D eigenvalue weighted by Crippen LogP contribution is -2.35. The van der Waals surface area contributed by atoms with E-state index in [1.807, 2.05) is 26.0 Å². The molecule has 1 heterocycles. The maximum atomic E-state index is 12.8. The molecule has 6 heteroatoms. The van der Waals surface area contributed by atoms with Crippen LogP contribution >= 0.6 is 11.6 Å². The minimum Gasteiger partial charge on any atom is -0.493 e. The van der Waals surface area contributed by atoms with E-state index in [2.05, 4.69) is 12.3 Å². The van der Waals surface area contributed by atoms with Gasteiger partial charge in [0, 0.05) is 0 Å². The molecule has 2 aromatic carbocycles. The summed E-state index contributed by atoms with van der Waals surface area (Å²) in [5, 5.41) is 1.56. The molecular weight excluding hydrogens is 364 g/mol. The summed E-state index contributed by atoms with van der Waals surface area (Å²) >= 11 is 6.15. The predicted molar refractivity (Wildman–Crippen MR) is 107 cm³/mol. The molecule has 0 saturated carbocycles. The van der Waals surface area contributed by atoms with Gasteiger partial charge < -0.3 is 4.74 Å². The Hall–Kier alpha value is -2.79. The van der Waals surface area contributed by atoms with Gasteiger partial charge in [-0.05, 0) is 61.2 Å². The summed E-state index contributed by atoms with van der Waals surface area (Å²) in [6.07, 6.45) is 2.54. The van der Waals surface area contributed by atoms with Crippen molar-refractivity contribution in [2.75, 3.05) is 11.6 Å². The number of nitrogens with one attached hydrogen (secondary N) is 1. The fourth-order valence-electron chi connectivity index (χ4n) is 2.86. The number of para-hydroxylation sites is 1. The van der Waals surface area contributed by atoms with Gasteiger partial charge in [-0.2, -0.15) is 0 Å². The standard InChI is InChI=1S/C21H21ClN2O3/c1-4-11-27-19-10-9-15(13(2)14(19)3)12-16-20(25)23-24(21(16)26)18-8-6-5-7-17(18)22/h5-10,12H,4,11H2,1-3H3,(H,23,25). The number of amides is 2. The van der Waals surface area contributed by atoms with Crippen LogP contribution in [0.25, 0.3) is 6.08 Å². The third-order valence-electron chi connectivity index (χ3n) is 4.53. The molecule has 0 bridgehead atoms. The van der Waals surface area contributed by atoms with E-state index in [9.17, 15) is 9.59 Å². The summed E-state index contributed by atoms with van der Waals surface area (Å²) in [4.78, 5) is 25.1. The molecule has 0 aliphatic carbocycles. The highest BCUT2D eigenvalue weighted by molar-refractivity contribution is 6.37. The largest absolute Gasteiger partial charge is 0.493 e. The molecule has 1 saturated heterocycles. The lowest BCUT2D eigenvalue weighted by Gasteiger charge is -2.15. The summed E-state index contributed by atoms with van der Waals surface area (Å²) < 4.78 is 5.73. The van der Waals surface area contributed by atoms with Crippen LogP contribution in [0.5, 0.6) is 5.75 Å². The number of ether oxygens (including phenoxy) is 1. The van der Waals surface area contributed by atoms with Crippen LogP contribution in [0.3, 0.4) is 0 Å². The smallest absolute Gasteiger partial charge is 0.282 e. The number of hydrogen-bond acceptors (Lipinski definition) is 3. The molecule has 0 unspecified atom stereocenters. The Labute approximate surface area is 163 Å². The second-order valence-electron chi connectivity index (χ2n) is 6.34. The molecule has 1 aliphatic heterocycles. The average Bonchev–Trinajstić information content (AvgIpc) is 2.93. The Morgan fingerprint density at radius 3 is 2.56 bits per heavy atom. The van der Waals surface area contributed by atoms with E-state index in [1.54, 1.807) is 30.3 Å². The first-order valence-electron chi connectivity index (χ1n) is 8.78. The Balaban J connectivity index is 1.93. The van der Waals surface area contributed by atoms with Gasteiger partial charge in [0.2, 0.25) is 0 Å². The molecule has 0 spiro atoms. The van der Waals surface area contributed by atoms with Gasteiger partial charge in [-0.1, -0.05) is 36.7 Å². The van der Waals surface area contributed by atoms with E-state index in [1.165, 1.54) is 5.01 Å². The van der Waals surface area contributed by atoms with Crippen molar-refractivity contribution in [2.24, 2.45) is 0 Å². The van der Waals surface area contributed by atoms with Crippen molar-refractivity contribution >= 4 is 35.2 Å². The van der Waals surface area contributed by atoms with Crippen molar-refractivity contribution < 1.29 is 14.3 Å². The SMILES string of the molecule is CCCOc1ccc(C=C2C(=O)NN(c3ccccc3Cl)C2=O)c(C)c1C. The number of rotatable bonds is 5. The molecule has 140 valence electrons. The molecule has 1 N–H and O–H groups in total. The maximum absolute atomic E-state index is 12.8. The number of nitrogens with zero attached hydrogens (tertiary/aromatic N) is 1. The number of hydrogen-bond donors (Lipinski definition) is 1. The molecule has 2 amide bonds. The van der Waals surface area contributed by atoms with Crippen LogP contribution in [0.4, 0.5) is 5.69 Å². The molecule has 0 aromatic heterocycles. The van der Waals surface area contributed by atoms with Gasteiger partial charge in [-0.25, -0.2) is 5.01 Å². The first-order valence-corrected chi connectivity index (χ1v) is 9.16. The minimum atomic E-state index is -0.455. The molecule has 1 fully saturated rings. The molecule has 0 atom stereocenters. The summed E-state index contributed by atoms with van der Waals surface area (Å²) in [6.45, 7) is 6.61.